The van der Waals surface area contributed by atoms with Gasteiger partial charge >= 0.3 is 6.18 Å². The Bertz CT molecular complexity index is 497. The third-order valence-electron chi connectivity index (χ3n) is 3.02. The van der Waals surface area contributed by atoms with Crippen LogP contribution in [0.4, 0.5) is 27.6 Å². The fraction of sp³-hybridized carbons (Fsp3) is 0.417. The first kappa shape index (κ1) is 13.8. The summed E-state index contributed by atoms with van der Waals surface area (Å²) < 4.78 is 64.4. The van der Waals surface area contributed by atoms with E-state index in [1.165, 1.54) is 6.07 Å². The van der Waals surface area contributed by atoms with Crippen LogP contribution in [0.3, 0.4) is 0 Å². The largest absolute Gasteiger partial charge is 0.417 e. The van der Waals surface area contributed by atoms with Gasteiger partial charge in [-0.15, -0.1) is 0 Å². The van der Waals surface area contributed by atoms with Crippen molar-refractivity contribution in [3.8, 4) is 0 Å². The van der Waals surface area contributed by atoms with E-state index in [1.54, 1.807) is 0 Å². The highest BCUT2D eigenvalue weighted by molar-refractivity contribution is 5.87. The lowest BCUT2D eigenvalue weighted by Crippen LogP contribution is -2.26. The second-order valence-corrected chi connectivity index (χ2v) is 4.38. The Balaban J connectivity index is 2.45. The quantitative estimate of drug-likeness (QED) is 0.611. The molecule has 0 spiro atoms. The fourth-order valence-electron chi connectivity index (χ4n) is 2.14. The summed E-state index contributed by atoms with van der Waals surface area (Å²) in [5, 5.41) is 0. The maximum Gasteiger partial charge on any atom is 0.417 e. The summed E-state index contributed by atoms with van der Waals surface area (Å²) in [6.07, 6.45) is -5.05. The lowest BCUT2D eigenvalue weighted by molar-refractivity contribution is -0.137. The van der Waals surface area contributed by atoms with Gasteiger partial charge in [-0.2, -0.15) is 13.2 Å². The Morgan fingerprint density at radius 1 is 1.26 bits per heavy atom. The van der Waals surface area contributed by atoms with Gasteiger partial charge < -0.3 is 4.90 Å². The molecule has 1 aliphatic rings. The Kier molecular flexibility index (Phi) is 3.24. The van der Waals surface area contributed by atoms with Gasteiger partial charge in [-0.25, -0.2) is 8.78 Å². The van der Waals surface area contributed by atoms with Crippen molar-refractivity contribution in [3.05, 3.63) is 29.3 Å². The number of anilines is 1. The van der Waals surface area contributed by atoms with Gasteiger partial charge in [0.15, 0.2) is 6.29 Å². The van der Waals surface area contributed by atoms with Gasteiger partial charge in [-0.05, 0) is 12.1 Å². The molecule has 0 radical (unpaired) electrons. The van der Waals surface area contributed by atoms with Crippen LogP contribution in [0.1, 0.15) is 22.3 Å². The van der Waals surface area contributed by atoms with Gasteiger partial charge in [0.25, 0.3) is 5.92 Å². The van der Waals surface area contributed by atoms with E-state index in [4.69, 9.17) is 0 Å². The highest BCUT2D eigenvalue weighted by atomic mass is 19.4. The van der Waals surface area contributed by atoms with Crippen LogP contribution in [0.15, 0.2) is 18.2 Å². The van der Waals surface area contributed by atoms with Crippen molar-refractivity contribution in [2.24, 2.45) is 0 Å². The standard InChI is InChI=1S/C12H10F5NO/c13-11(14)4-5-18(7-11)10-3-1-2-9(8(10)6-19)12(15,16)17/h1-3,6H,4-5,7H2. The summed E-state index contributed by atoms with van der Waals surface area (Å²) in [5.41, 5.74) is -1.79. The van der Waals surface area contributed by atoms with E-state index in [0.717, 1.165) is 17.0 Å². The molecule has 1 aromatic carbocycles. The maximum absolute atomic E-state index is 13.1. The Morgan fingerprint density at radius 2 is 1.95 bits per heavy atom. The monoisotopic (exact) mass is 279 g/mol. The van der Waals surface area contributed by atoms with E-state index in [9.17, 15) is 26.7 Å². The molecule has 2 rings (SSSR count). The number of hydrogen-bond acceptors (Lipinski definition) is 2. The van der Waals surface area contributed by atoms with Crippen LogP contribution in [-0.2, 0) is 6.18 Å². The third kappa shape index (κ3) is 2.69. The molecule has 1 aliphatic heterocycles. The average molecular weight is 279 g/mol. The number of hydrogen-bond donors (Lipinski definition) is 0. The molecule has 0 saturated carbocycles. The molecule has 0 atom stereocenters. The molecule has 104 valence electrons. The fourth-order valence-corrected chi connectivity index (χ4v) is 2.14. The van der Waals surface area contributed by atoms with Crippen LogP contribution >= 0.6 is 0 Å². The summed E-state index contributed by atoms with van der Waals surface area (Å²) >= 11 is 0. The van der Waals surface area contributed by atoms with E-state index in [2.05, 4.69) is 0 Å². The van der Waals surface area contributed by atoms with Crippen LogP contribution < -0.4 is 4.90 Å². The minimum absolute atomic E-state index is 0.0641. The van der Waals surface area contributed by atoms with E-state index >= 15 is 0 Å². The van der Waals surface area contributed by atoms with Crippen molar-refractivity contribution in [3.63, 3.8) is 0 Å². The first-order chi connectivity index (χ1) is 8.74. The van der Waals surface area contributed by atoms with Crippen molar-refractivity contribution in [2.45, 2.75) is 18.5 Å². The third-order valence-corrected chi connectivity index (χ3v) is 3.02. The molecule has 0 bridgehead atoms. The molecule has 2 nitrogen and oxygen atoms in total. The Morgan fingerprint density at radius 3 is 2.42 bits per heavy atom. The highest BCUT2D eigenvalue weighted by Crippen LogP contribution is 2.38. The average Bonchev–Trinajstić information content (AvgIpc) is 2.67. The molecule has 7 heteroatoms. The van der Waals surface area contributed by atoms with E-state index < -0.39 is 36.2 Å². The summed E-state index contributed by atoms with van der Waals surface area (Å²) in [5.74, 6) is -2.94. The van der Waals surface area contributed by atoms with Crippen molar-refractivity contribution in [1.29, 1.82) is 0 Å². The zero-order valence-corrected chi connectivity index (χ0v) is 9.68. The molecule has 1 saturated heterocycles. The molecule has 0 N–H and O–H groups in total. The summed E-state index contributed by atoms with van der Waals surface area (Å²) in [7, 11) is 0. The molecule has 19 heavy (non-hydrogen) atoms. The van der Waals surface area contributed by atoms with Crippen molar-refractivity contribution in [1.82, 2.24) is 0 Å². The van der Waals surface area contributed by atoms with Crippen LogP contribution in [0.2, 0.25) is 0 Å². The van der Waals surface area contributed by atoms with Gasteiger partial charge in [0, 0.05) is 24.2 Å². The molecular weight excluding hydrogens is 269 g/mol. The zero-order valence-electron chi connectivity index (χ0n) is 9.68. The first-order valence-corrected chi connectivity index (χ1v) is 5.53. The van der Waals surface area contributed by atoms with E-state index in [-0.39, 0.29) is 18.5 Å². The van der Waals surface area contributed by atoms with Crippen LogP contribution in [-0.4, -0.2) is 25.3 Å². The number of nitrogens with zero attached hydrogens (tertiary/aromatic N) is 1. The number of alkyl halides is 5. The lowest BCUT2D eigenvalue weighted by atomic mass is 10.1. The Labute approximate surface area is 105 Å². The minimum Gasteiger partial charge on any atom is -0.365 e. The second kappa shape index (κ2) is 4.47. The molecule has 0 aliphatic carbocycles. The number of benzene rings is 1. The van der Waals surface area contributed by atoms with Crippen molar-refractivity contribution < 1.29 is 26.7 Å². The van der Waals surface area contributed by atoms with E-state index in [1.807, 2.05) is 0 Å². The minimum atomic E-state index is -4.69. The zero-order chi connectivity index (χ0) is 14.3. The molecule has 0 unspecified atom stereocenters. The van der Waals surface area contributed by atoms with E-state index in [0.29, 0.717) is 0 Å². The smallest absolute Gasteiger partial charge is 0.365 e. The normalized spacial score (nSPS) is 18.7. The molecule has 0 aromatic heterocycles. The van der Waals surface area contributed by atoms with Gasteiger partial charge in [-0.1, -0.05) is 6.07 Å². The predicted octanol–water partition coefficient (Wildman–Crippen LogP) is 3.36. The van der Waals surface area contributed by atoms with Gasteiger partial charge in [0.05, 0.1) is 12.1 Å². The Hall–Kier alpha value is -1.66. The van der Waals surface area contributed by atoms with Crippen LogP contribution in [0, 0.1) is 0 Å². The molecule has 1 aromatic rings. The number of rotatable bonds is 2. The number of aldehydes is 1. The van der Waals surface area contributed by atoms with Crippen LogP contribution in [0.25, 0.3) is 0 Å². The maximum atomic E-state index is 13.1. The molecule has 1 heterocycles. The summed E-state index contributed by atoms with van der Waals surface area (Å²) in [6, 6.07) is 3.13. The molecule has 1 fully saturated rings. The highest BCUT2D eigenvalue weighted by Gasteiger charge is 2.40. The summed E-state index contributed by atoms with van der Waals surface area (Å²) in [6.45, 7) is -0.746. The van der Waals surface area contributed by atoms with Crippen molar-refractivity contribution in [2.75, 3.05) is 18.0 Å². The number of carbonyl (C=O) groups is 1. The topological polar surface area (TPSA) is 20.3 Å². The SMILES string of the molecule is O=Cc1c(N2CCC(F)(F)C2)cccc1C(F)(F)F. The summed E-state index contributed by atoms with van der Waals surface area (Å²) in [4.78, 5) is 12.0. The van der Waals surface area contributed by atoms with Gasteiger partial charge in [-0.3, -0.25) is 4.79 Å². The first-order valence-electron chi connectivity index (χ1n) is 5.53. The predicted molar refractivity (Wildman–Crippen MR) is 58.6 cm³/mol. The second-order valence-electron chi connectivity index (χ2n) is 4.38. The van der Waals surface area contributed by atoms with Crippen LogP contribution in [0.5, 0.6) is 0 Å². The van der Waals surface area contributed by atoms with Gasteiger partial charge in [0.1, 0.15) is 0 Å². The van der Waals surface area contributed by atoms with Gasteiger partial charge in [0.2, 0.25) is 0 Å². The number of carbonyl (C=O) groups excluding carboxylic acids is 1. The molecular formula is C12H10F5NO. The molecule has 0 amide bonds. The van der Waals surface area contributed by atoms with Crippen molar-refractivity contribution >= 4 is 12.0 Å². The lowest BCUT2D eigenvalue weighted by Gasteiger charge is -2.22. The number of halogens is 5.